The maximum atomic E-state index is 8.74. The first kappa shape index (κ1) is 6.51. The molecule has 0 heterocycles. The summed E-state index contributed by atoms with van der Waals surface area (Å²) in [6.45, 7) is 2.56. The van der Waals surface area contributed by atoms with E-state index in [9.17, 15) is 0 Å². The van der Waals surface area contributed by atoms with Crippen LogP contribution in [-0.4, -0.2) is 16.9 Å². The molecule has 1 saturated carbocycles. The molecule has 0 amide bonds. The molecule has 1 unspecified atom stereocenters. The van der Waals surface area contributed by atoms with Gasteiger partial charge in [-0.3, -0.25) is 0 Å². The number of hydrogen-bond acceptors (Lipinski definition) is 1. The molecule has 1 aliphatic rings. The van der Waals surface area contributed by atoms with E-state index in [2.05, 4.69) is 16.2 Å². The van der Waals surface area contributed by atoms with E-state index < -0.39 is 0 Å². The van der Waals surface area contributed by atoms with Gasteiger partial charge in [-0.15, -0.1) is 9.24 Å². The van der Waals surface area contributed by atoms with Crippen molar-refractivity contribution in [2.45, 2.75) is 24.9 Å². The van der Waals surface area contributed by atoms with Gasteiger partial charge in [0.1, 0.15) is 0 Å². The summed E-state index contributed by atoms with van der Waals surface area (Å²) in [6, 6.07) is 0. The summed E-state index contributed by atoms with van der Waals surface area (Å²) in [7, 11) is 2.73. The molecule has 1 rings (SSSR count). The molecule has 1 aliphatic carbocycles. The third-order valence-corrected chi connectivity index (χ3v) is 2.48. The first-order chi connectivity index (χ1) is 3.66. The predicted octanol–water partition coefficient (Wildman–Crippen LogP) is 1.02. The Morgan fingerprint density at radius 2 is 2.25 bits per heavy atom. The quantitative estimate of drug-likeness (QED) is 0.528. The van der Waals surface area contributed by atoms with Crippen molar-refractivity contribution >= 4 is 9.24 Å². The number of aliphatic hydroxyl groups excluding tert-OH is 1. The summed E-state index contributed by atoms with van der Waals surface area (Å²) in [4.78, 5) is 0. The second-order valence-electron chi connectivity index (χ2n) is 3.03. The molecular formula is C6H13OP. The topological polar surface area (TPSA) is 20.2 Å². The van der Waals surface area contributed by atoms with Crippen molar-refractivity contribution in [3.8, 4) is 0 Å². The van der Waals surface area contributed by atoms with Crippen LogP contribution in [0.3, 0.4) is 0 Å². The molecule has 0 bridgehead atoms. The lowest BCUT2D eigenvalue weighted by Gasteiger charge is -2.41. The third kappa shape index (κ3) is 1.04. The normalized spacial score (nSPS) is 46.1. The lowest BCUT2D eigenvalue weighted by molar-refractivity contribution is 0.146. The van der Waals surface area contributed by atoms with E-state index in [0.717, 1.165) is 5.92 Å². The van der Waals surface area contributed by atoms with Crippen LogP contribution >= 0.6 is 9.24 Å². The van der Waals surface area contributed by atoms with E-state index in [4.69, 9.17) is 5.11 Å². The van der Waals surface area contributed by atoms with Gasteiger partial charge in [0.2, 0.25) is 0 Å². The standard InChI is InChI=1S/C6H13OP/c1-5-2-6(8,3-5)4-7/h5,7H,2-4,8H2,1H3. The molecule has 0 aromatic heterocycles. The zero-order valence-electron chi connectivity index (χ0n) is 5.22. The fraction of sp³-hybridized carbons (Fsp3) is 1.00. The number of rotatable bonds is 1. The molecule has 48 valence electrons. The smallest absolute Gasteiger partial charge is 0.0521 e. The minimum absolute atomic E-state index is 0.208. The van der Waals surface area contributed by atoms with Crippen LogP contribution in [0.5, 0.6) is 0 Å². The van der Waals surface area contributed by atoms with Crippen LogP contribution in [0, 0.1) is 5.92 Å². The monoisotopic (exact) mass is 132 g/mol. The lowest BCUT2D eigenvalue weighted by atomic mass is 9.76. The van der Waals surface area contributed by atoms with E-state index in [1.807, 2.05) is 0 Å². The Balaban J connectivity index is 2.30. The van der Waals surface area contributed by atoms with Crippen molar-refractivity contribution in [3.63, 3.8) is 0 Å². The molecule has 8 heavy (non-hydrogen) atoms. The van der Waals surface area contributed by atoms with Crippen LogP contribution in [-0.2, 0) is 0 Å². The van der Waals surface area contributed by atoms with E-state index in [0.29, 0.717) is 6.61 Å². The molecule has 2 heteroatoms. The summed E-state index contributed by atoms with van der Waals surface area (Å²) in [5.74, 6) is 0.833. The van der Waals surface area contributed by atoms with Crippen LogP contribution in [0.2, 0.25) is 0 Å². The highest BCUT2D eigenvalue weighted by atomic mass is 31.0. The predicted molar refractivity (Wildman–Crippen MR) is 37.9 cm³/mol. The largest absolute Gasteiger partial charge is 0.395 e. The SMILES string of the molecule is CC1CC(P)(CO)C1. The molecule has 1 N–H and O–H groups in total. The number of hydrogen-bond donors (Lipinski definition) is 1. The summed E-state index contributed by atoms with van der Waals surface area (Å²) in [5.41, 5.74) is 0. The van der Waals surface area contributed by atoms with Gasteiger partial charge in [-0.25, -0.2) is 0 Å². The van der Waals surface area contributed by atoms with Crippen LogP contribution in [0.1, 0.15) is 19.8 Å². The van der Waals surface area contributed by atoms with E-state index in [1.165, 1.54) is 12.8 Å². The fourth-order valence-corrected chi connectivity index (χ4v) is 2.26. The van der Waals surface area contributed by atoms with Gasteiger partial charge in [0, 0.05) is 5.16 Å². The second-order valence-corrected chi connectivity index (χ2v) is 4.26. The highest BCUT2D eigenvalue weighted by Crippen LogP contribution is 2.43. The fourth-order valence-electron chi connectivity index (χ4n) is 1.46. The van der Waals surface area contributed by atoms with E-state index >= 15 is 0 Å². The number of aliphatic hydroxyl groups is 1. The van der Waals surface area contributed by atoms with E-state index in [1.54, 1.807) is 0 Å². The molecule has 0 aromatic rings. The van der Waals surface area contributed by atoms with Gasteiger partial charge >= 0.3 is 0 Å². The Morgan fingerprint density at radius 3 is 2.38 bits per heavy atom. The second kappa shape index (κ2) is 1.97. The Hall–Kier alpha value is 0.390. The minimum atomic E-state index is 0.208. The van der Waals surface area contributed by atoms with Crippen molar-refractivity contribution in [2.75, 3.05) is 6.61 Å². The maximum absolute atomic E-state index is 8.74. The van der Waals surface area contributed by atoms with Gasteiger partial charge in [-0.2, -0.15) is 0 Å². The van der Waals surface area contributed by atoms with Gasteiger partial charge in [-0.1, -0.05) is 6.92 Å². The van der Waals surface area contributed by atoms with Gasteiger partial charge in [0.05, 0.1) is 6.61 Å². The first-order valence-electron chi connectivity index (χ1n) is 3.06. The molecule has 1 fully saturated rings. The van der Waals surface area contributed by atoms with Crippen LogP contribution < -0.4 is 0 Å². The van der Waals surface area contributed by atoms with Crippen molar-refractivity contribution in [1.82, 2.24) is 0 Å². The minimum Gasteiger partial charge on any atom is -0.395 e. The third-order valence-electron chi connectivity index (χ3n) is 1.82. The summed E-state index contributed by atoms with van der Waals surface area (Å²) in [6.07, 6.45) is 2.35. The average Bonchev–Trinajstić information content (AvgIpc) is 1.63. The zero-order chi connectivity index (χ0) is 6.20. The van der Waals surface area contributed by atoms with Gasteiger partial charge in [-0.05, 0) is 18.8 Å². The van der Waals surface area contributed by atoms with Crippen molar-refractivity contribution in [3.05, 3.63) is 0 Å². The molecule has 0 radical (unpaired) electrons. The molecule has 0 spiro atoms. The molecule has 0 saturated heterocycles. The Kier molecular flexibility index (Phi) is 1.60. The van der Waals surface area contributed by atoms with Crippen LogP contribution in [0.4, 0.5) is 0 Å². The Morgan fingerprint density at radius 1 is 1.75 bits per heavy atom. The summed E-state index contributed by atoms with van der Waals surface area (Å²) >= 11 is 0. The van der Waals surface area contributed by atoms with Crippen LogP contribution in [0.15, 0.2) is 0 Å². The molecule has 1 nitrogen and oxygen atoms in total. The van der Waals surface area contributed by atoms with Crippen molar-refractivity contribution in [2.24, 2.45) is 5.92 Å². The van der Waals surface area contributed by atoms with Gasteiger partial charge in [0.15, 0.2) is 0 Å². The Bertz CT molecular complexity index is 86.5. The molecule has 0 aromatic carbocycles. The van der Waals surface area contributed by atoms with Gasteiger partial charge in [0.25, 0.3) is 0 Å². The zero-order valence-corrected chi connectivity index (χ0v) is 6.38. The Labute approximate surface area is 52.7 Å². The molecule has 0 aliphatic heterocycles. The maximum Gasteiger partial charge on any atom is 0.0521 e. The first-order valence-corrected chi connectivity index (χ1v) is 3.64. The molecule has 1 atom stereocenters. The van der Waals surface area contributed by atoms with Crippen molar-refractivity contribution in [1.29, 1.82) is 0 Å². The van der Waals surface area contributed by atoms with Gasteiger partial charge < -0.3 is 5.11 Å². The summed E-state index contributed by atoms with van der Waals surface area (Å²) in [5, 5.41) is 8.95. The highest BCUT2D eigenvalue weighted by molar-refractivity contribution is 7.19. The van der Waals surface area contributed by atoms with E-state index in [-0.39, 0.29) is 5.16 Å². The molecular weight excluding hydrogens is 119 g/mol. The lowest BCUT2D eigenvalue weighted by Crippen LogP contribution is -2.39. The highest BCUT2D eigenvalue weighted by Gasteiger charge is 2.36. The summed E-state index contributed by atoms with van der Waals surface area (Å²) < 4.78 is 0. The average molecular weight is 132 g/mol. The van der Waals surface area contributed by atoms with Crippen molar-refractivity contribution < 1.29 is 5.11 Å². The van der Waals surface area contributed by atoms with Crippen LogP contribution in [0.25, 0.3) is 0 Å².